The lowest BCUT2D eigenvalue weighted by molar-refractivity contribution is -0.125. The summed E-state index contributed by atoms with van der Waals surface area (Å²) in [6.07, 6.45) is 5.12. The molecule has 2 bridgehead atoms. The molecule has 0 unspecified atom stereocenters. The Morgan fingerprint density at radius 3 is 2.79 bits per heavy atom. The number of nitrogen functional groups attached to an aromatic ring is 1. The van der Waals surface area contributed by atoms with E-state index in [0.717, 1.165) is 11.8 Å². The van der Waals surface area contributed by atoms with Crippen molar-refractivity contribution in [2.24, 2.45) is 17.8 Å². The Morgan fingerprint density at radius 1 is 1.38 bits per heavy atom. The fourth-order valence-corrected chi connectivity index (χ4v) is 4.42. The number of nitrogens with two attached hydrogens (primary N) is 1. The fraction of sp³-hybridized carbons (Fsp3) is 0.556. The highest BCUT2D eigenvalue weighted by atomic mass is 35.5. The van der Waals surface area contributed by atoms with Gasteiger partial charge in [-0.25, -0.2) is 4.79 Å². The van der Waals surface area contributed by atoms with Gasteiger partial charge in [-0.15, -0.1) is 0 Å². The maximum Gasteiger partial charge on any atom is 0.340 e. The molecule has 1 aromatic carbocycles. The smallest absolute Gasteiger partial charge is 0.340 e. The zero-order valence-electron chi connectivity index (χ0n) is 13.8. The molecule has 0 heterocycles. The number of rotatable bonds is 5. The van der Waals surface area contributed by atoms with E-state index in [1.165, 1.54) is 37.8 Å². The predicted octanol–water partition coefficient (Wildman–Crippen LogP) is 3.02. The molecule has 3 rings (SSSR count). The van der Waals surface area contributed by atoms with Crippen LogP contribution in [-0.4, -0.2) is 24.5 Å². The number of carbonyl (C=O) groups is 2. The van der Waals surface area contributed by atoms with Crippen LogP contribution in [0.3, 0.4) is 0 Å². The fourth-order valence-electron chi connectivity index (χ4n) is 4.24. The minimum Gasteiger partial charge on any atom is -0.452 e. The van der Waals surface area contributed by atoms with Crippen LogP contribution < -0.4 is 11.1 Å². The van der Waals surface area contributed by atoms with E-state index < -0.39 is 5.97 Å². The second kappa shape index (κ2) is 7.01. The summed E-state index contributed by atoms with van der Waals surface area (Å²) < 4.78 is 5.06. The number of nitrogens with one attached hydrogen (secondary N) is 1. The van der Waals surface area contributed by atoms with Crippen LogP contribution >= 0.6 is 11.6 Å². The highest BCUT2D eigenvalue weighted by Gasteiger charge is 2.42. The maximum absolute atomic E-state index is 12.1. The highest BCUT2D eigenvalue weighted by molar-refractivity contribution is 6.31. The van der Waals surface area contributed by atoms with Crippen molar-refractivity contribution in [2.45, 2.75) is 38.6 Å². The van der Waals surface area contributed by atoms with Crippen LogP contribution in [0.5, 0.6) is 0 Å². The minimum atomic E-state index is -0.619. The van der Waals surface area contributed by atoms with Crippen LogP contribution in [0.1, 0.15) is 43.0 Å². The summed E-state index contributed by atoms with van der Waals surface area (Å²) in [7, 11) is 0. The molecule has 1 amide bonds. The van der Waals surface area contributed by atoms with Gasteiger partial charge in [0.05, 0.1) is 5.56 Å². The largest absolute Gasteiger partial charge is 0.452 e. The lowest BCUT2D eigenvalue weighted by Gasteiger charge is -2.28. The summed E-state index contributed by atoms with van der Waals surface area (Å²) in [4.78, 5) is 24.1. The van der Waals surface area contributed by atoms with Gasteiger partial charge >= 0.3 is 5.97 Å². The summed E-state index contributed by atoms with van der Waals surface area (Å²) in [5.41, 5.74) is 6.20. The normalized spacial score (nSPS) is 26.2. The first-order chi connectivity index (χ1) is 11.4. The number of hydrogen-bond acceptors (Lipinski definition) is 4. The average molecular weight is 351 g/mol. The molecule has 0 aliphatic heterocycles. The summed E-state index contributed by atoms with van der Waals surface area (Å²) in [5.74, 6) is 1.24. The van der Waals surface area contributed by atoms with Crippen molar-refractivity contribution in [2.75, 3.05) is 12.3 Å². The Hall–Kier alpha value is -1.75. The van der Waals surface area contributed by atoms with Gasteiger partial charge in [-0.1, -0.05) is 18.0 Å². The van der Waals surface area contributed by atoms with Crippen LogP contribution in [0.15, 0.2) is 18.2 Å². The molecule has 0 spiro atoms. The first-order valence-electron chi connectivity index (χ1n) is 8.45. The molecule has 6 heteroatoms. The van der Waals surface area contributed by atoms with Gasteiger partial charge in [0.1, 0.15) is 0 Å². The molecule has 5 nitrogen and oxygen atoms in total. The van der Waals surface area contributed by atoms with Gasteiger partial charge in [0.25, 0.3) is 5.91 Å². The van der Waals surface area contributed by atoms with Gasteiger partial charge in [-0.2, -0.15) is 0 Å². The standard InChI is InChI=1S/C18H23ClN2O3/c1-10(15-7-11-2-3-12(15)6-11)21-17(22)9-24-18(23)14-5-4-13(19)8-16(14)20/h4-5,8,10-12,15H,2-3,6-7,9,20H2,1H3,(H,21,22)/t10-,11+,12+,15-/m1/s1. The number of ether oxygens (including phenoxy) is 1. The number of benzene rings is 1. The third kappa shape index (κ3) is 3.66. The summed E-state index contributed by atoms with van der Waals surface area (Å²) >= 11 is 5.80. The average Bonchev–Trinajstić information content (AvgIpc) is 3.15. The van der Waals surface area contributed by atoms with Crippen molar-refractivity contribution in [3.63, 3.8) is 0 Å². The molecule has 24 heavy (non-hydrogen) atoms. The van der Waals surface area contributed by atoms with E-state index in [0.29, 0.717) is 10.9 Å². The number of amides is 1. The number of esters is 1. The van der Waals surface area contributed by atoms with Crippen molar-refractivity contribution in [3.8, 4) is 0 Å². The van der Waals surface area contributed by atoms with Crippen LogP contribution in [0.25, 0.3) is 0 Å². The predicted molar refractivity (Wildman–Crippen MR) is 92.7 cm³/mol. The van der Waals surface area contributed by atoms with Crippen molar-refractivity contribution in [3.05, 3.63) is 28.8 Å². The second-order valence-corrected chi connectivity index (χ2v) is 7.44. The molecule has 130 valence electrons. The Kier molecular flexibility index (Phi) is 4.99. The van der Waals surface area contributed by atoms with Gasteiger partial charge < -0.3 is 15.8 Å². The second-order valence-electron chi connectivity index (χ2n) is 7.00. The monoisotopic (exact) mass is 350 g/mol. The third-order valence-corrected chi connectivity index (χ3v) is 5.63. The van der Waals surface area contributed by atoms with E-state index in [4.69, 9.17) is 22.1 Å². The first-order valence-corrected chi connectivity index (χ1v) is 8.83. The van der Waals surface area contributed by atoms with Crippen molar-refractivity contribution in [1.29, 1.82) is 0 Å². The molecule has 2 fully saturated rings. The minimum absolute atomic E-state index is 0.118. The van der Waals surface area contributed by atoms with Gasteiger partial charge in [-0.05, 0) is 62.1 Å². The van der Waals surface area contributed by atoms with Gasteiger partial charge in [0.2, 0.25) is 0 Å². The first kappa shape index (κ1) is 17.1. The van der Waals surface area contributed by atoms with E-state index >= 15 is 0 Å². The third-order valence-electron chi connectivity index (χ3n) is 5.39. The van der Waals surface area contributed by atoms with E-state index in [1.54, 1.807) is 6.07 Å². The lowest BCUT2D eigenvalue weighted by atomic mass is 9.84. The van der Waals surface area contributed by atoms with Gasteiger partial charge in [-0.3, -0.25) is 4.79 Å². The molecular formula is C18H23ClN2O3. The number of anilines is 1. The molecule has 3 N–H and O–H groups in total. The zero-order chi connectivity index (χ0) is 17.3. The van der Waals surface area contributed by atoms with Crippen LogP contribution in [-0.2, 0) is 9.53 Å². The molecule has 0 saturated heterocycles. The van der Waals surface area contributed by atoms with Crippen molar-refractivity contribution < 1.29 is 14.3 Å². The van der Waals surface area contributed by atoms with Crippen molar-refractivity contribution >= 4 is 29.2 Å². The van der Waals surface area contributed by atoms with E-state index in [2.05, 4.69) is 5.32 Å². The molecule has 2 saturated carbocycles. The van der Waals surface area contributed by atoms with Gasteiger partial charge in [0.15, 0.2) is 6.61 Å². The number of halogens is 1. The highest BCUT2D eigenvalue weighted by Crippen LogP contribution is 2.49. The lowest BCUT2D eigenvalue weighted by Crippen LogP contribution is -2.42. The Bertz CT molecular complexity index is 649. The number of hydrogen-bond donors (Lipinski definition) is 2. The van der Waals surface area contributed by atoms with E-state index in [-0.39, 0.29) is 29.8 Å². The van der Waals surface area contributed by atoms with Gasteiger partial charge in [0, 0.05) is 16.8 Å². The molecule has 2 aliphatic carbocycles. The van der Waals surface area contributed by atoms with E-state index in [9.17, 15) is 9.59 Å². The van der Waals surface area contributed by atoms with E-state index in [1.807, 2.05) is 6.92 Å². The van der Waals surface area contributed by atoms with Crippen LogP contribution in [0, 0.1) is 17.8 Å². The SMILES string of the molecule is C[C@@H](NC(=O)COC(=O)c1ccc(Cl)cc1N)[C@H]1C[C@H]2CC[C@H]1C2. The Balaban J connectivity index is 1.47. The molecule has 4 atom stereocenters. The maximum atomic E-state index is 12.1. The molecule has 0 radical (unpaired) electrons. The zero-order valence-corrected chi connectivity index (χ0v) is 14.5. The van der Waals surface area contributed by atoms with Crippen LogP contribution in [0.4, 0.5) is 5.69 Å². The number of carbonyl (C=O) groups excluding carboxylic acids is 2. The molecule has 1 aromatic rings. The van der Waals surface area contributed by atoms with Crippen LogP contribution in [0.2, 0.25) is 5.02 Å². The quantitative estimate of drug-likeness (QED) is 0.631. The summed E-state index contributed by atoms with van der Waals surface area (Å²) in [6.45, 7) is 1.74. The summed E-state index contributed by atoms with van der Waals surface area (Å²) in [5, 5.41) is 3.41. The summed E-state index contributed by atoms with van der Waals surface area (Å²) in [6, 6.07) is 4.66. The Morgan fingerprint density at radius 2 is 2.17 bits per heavy atom. The molecule has 2 aliphatic rings. The topological polar surface area (TPSA) is 81.4 Å². The molecular weight excluding hydrogens is 328 g/mol. The van der Waals surface area contributed by atoms with Crippen molar-refractivity contribution in [1.82, 2.24) is 5.32 Å². The number of fused-ring (bicyclic) bond motifs is 2. The Labute approximate surface area is 146 Å². The molecule has 0 aromatic heterocycles.